The molecule has 0 spiro atoms. The van der Waals surface area contributed by atoms with Crippen molar-refractivity contribution in [3.63, 3.8) is 0 Å². The number of aromatic nitrogens is 1. The first-order valence-electron chi connectivity index (χ1n) is 6.01. The molecule has 0 saturated heterocycles. The maximum absolute atomic E-state index is 5.43. The second-order valence-corrected chi connectivity index (χ2v) is 4.37. The van der Waals surface area contributed by atoms with E-state index in [1.165, 1.54) is 16.5 Å². The fourth-order valence-corrected chi connectivity index (χ4v) is 2.36. The molecule has 0 aliphatic rings. The van der Waals surface area contributed by atoms with E-state index in [2.05, 4.69) is 48.0 Å². The molecule has 0 atom stereocenters. The molecular weight excluding hydrogens is 222 g/mol. The van der Waals surface area contributed by atoms with Crippen LogP contribution in [0.3, 0.4) is 0 Å². The SMILES string of the molecule is COc1ccccc1-n1ccc2c(C)cccc21. The van der Waals surface area contributed by atoms with Crippen LogP contribution in [0.5, 0.6) is 5.75 Å². The van der Waals surface area contributed by atoms with Crippen LogP contribution in [-0.2, 0) is 0 Å². The van der Waals surface area contributed by atoms with E-state index >= 15 is 0 Å². The van der Waals surface area contributed by atoms with Crippen molar-refractivity contribution in [1.82, 2.24) is 4.57 Å². The molecule has 0 fully saturated rings. The molecule has 3 aromatic rings. The van der Waals surface area contributed by atoms with Crippen LogP contribution in [0.1, 0.15) is 5.56 Å². The summed E-state index contributed by atoms with van der Waals surface area (Å²) in [6.45, 7) is 2.13. The summed E-state index contributed by atoms with van der Waals surface area (Å²) < 4.78 is 7.60. The summed E-state index contributed by atoms with van der Waals surface area (Å²) in [5.41, 5.74) is 3.57. The van der Waals surface area contributed by atoms with Crippen LogP contribution in [0.15, 0.2) is 54.7 Å². The molecule has 0 radical (unpaired) electrons. The topological polar surface area (TPSA) is 14.2 Å². The molecule has 18 heavy (non-hydrogen) atoms. The van der Waals surface area contributed by atoms with Gasteiger partial charge in [-0.1, -0.05) is 24.3 Å². The number of nitrogens with zero attached hydrogens (tertiary/aromatic N) is 1. The lowest BCUT2D eigenvalue weighted by atomic mass is 10.1. The monoisotopic (exact) mass is 237 g/mol. The second kappa shape index (κ2) is 4.22. The van der Waals surface area contributed by atoms with Gasteiger partial charge in [-0.3, -0.25) is 0 Å². The highest BCUT2D eigenvalue weighted by Gasteiger charge is 2.08. The lowest BCUT2D eigenvalue weighted by Crippen LogP contribution is -1.96. The van der Waals surface area contributed by atoms with E-state index in [1.807, 2.05) is 18.2 Å². The van der Waals surface area contributed by atoms with Crippen molar-refractivity contribution in [2.75, 3.05) is 7.11 Å². The van der Waals surface area contributed by atoms with E-state index in [0.717, 1.165) is 11.4 Å². The Bertz CT molecular complexity index is 697. The molecule has 2 aromatic carbocycles. The average molecular weight is 237 g/mol. The zero-order chi connectivity index (χ0) is 12.5. The third-order valence-electron chi connectivity index (χ3n) is 3.30. The minimum atomic E-state index is 0.886. The number of para-hydroxylation sites is 2. The van der Waals surface area contributed by atoms with Gasteiger partial charge in [-0.2, -0.15) is 0 Å². The lowest BCUT2D eigenvalue weighted by Gasteiger charge is -2.10. The number of ether oxygens (including phenoxy) is 1. The summed E-state index contributed by atoms with van der Waals surface area (Å²) in [7, 11) is 1.70. The molecular formula is C16H15NO. The Morgan fingerprint density at radius 3 is 2.61 bits per heavy atom. The smallest absolute Gasteiger partial charge is 0.142 e. The van der Waals surface area contributed by atoms with Crippen LogP contribution < -0.4 is 4.74 Å². The summed E-state index contributed by atoms with van der Waals surface area (Å²) >= 11 is 0. The van der Waals surface area contributed by atoms with Crippen LogP contribution in [0.4, 0.5) is 0 Å². The van der Waals surface area contributed by atoms with Crippen LogP contribution >= 0.6 is 0 Å². The lowest BCUT2D eigenvalue weighted by molar-refractivity contribution is 0.413. The van der Waals surface area contributed by atoms with Gasteiger partial charge in [0.2, 0.25) is 0 Å². The van der Waals surface area contributed by atoms with Crippen LogP contribution in [0, 0.1) is 6.92 Å². The molecule has 1 heterocycles. The molecule has 0 saturated carbocycles. The molecule has 2 heteroatoms. The van der Waals surface area contributed by atoms with Crippen LogP contribution in [0.2, 0.25) is 0 Å². The fraction of sp³-hybridized carbons (Fsp3) is 0.125. The van der Waals surface area contributed by atoms with Crippen molar-refractivity contribution in [2.45, 2.75) is 6.92 Å². The Labute approximate surface area is 106 Å². The van der Waals surface area contributed by atoms with Gasteiger partial charge in [-0.05, 0) is 36.8 Å². The van der Waals surface area contributed by atoms with Crippen molar-refractivity contribution in [1.29, 1.82) is 0 Å². The zero-order valence-corrected chi connectivity index (χ0v) is 10.6. The minimum absolute atomic E-state index is 0.886. The van der Waals surface area contributed by atoms with Gasteiger partial charge in [-0.25, -0.2) is 0 Å². The predicted molar refractivity (Wildman–Crippen MR) is 74.6 cm³/mol. The number of aryl methyl sites for hydroxylation is 1. The molecule has 2 nitrogen and oxygen atoms in total. The van der Waals surface area contributed by atoms with Crippen LogP contribution in [0.25, 0.3) is 16.6 Å². The standard InChI is InChI=1S/C16H15NO/c1-12-6-5-8-14-13(12)10-11-17(14)15-7-3-4-9-16(15)18-2/h3-11H,1-2H3. The average Bonchev–Trinajstić information content (AvgIpc) is 2.84. The van der Waals surface area contributed by atoms with E-state index in [9.17, 15) is 0 Å². The van der Waals surface area contributed by atoms with E-state index in [-0.39, 0.29) is 0 Å². The molecule has 90 valence electrons. The largest absolute Gasteiger partial charge is 0.495 e. The van der Waals surface area contributed by atoms with Gasteiger partial charge in [0.25, 0.3) is 0 Å². The molecule has 1 aromatic heterocycles. The molecule has 0 amide bonds. The molecule has 0 N–H and O–H groups in total. The van der Waals surface area contributed by atoms with E-state index in [0.29, 0.717) is 0 Å². The second-order valence-electron chi connectivity index (χ2n) is 4.37. The van der Waals surface area contributed by atoms with Crippen molar-refractivity contribution in [3.8, 4) is 11.4 Å². The maximum atomic E-state index is 5.43. The maximum Gasteiger partial charge on any atom is 0.142 e. The highest BCUT2D eigenvalue weighted by atomic mass is 16.5. The summed E-state index contributed by atoms with van der Waals surface area (Å²) in [6.07, 6.45) is 2.09. The third-order valence-corrected chi connectivity index (χ3v) is 3.30. The van der Waals surface area contributed by atoms with E-state index in [4.69, 9.17) is 4.74 Å². The number of hydrogen-bond donors (Lipinski definition) is 0. The fourth-order valence-electron chi connectivity index (χ4n) is 2.36. The normalized spacial score (nSPS) is 10.8. The van der Waals surface area contributed by atoms with Crippen molar-refractivity contribution in [2.24, 2.45) is 0 Å². The molecule has 0 aliphatic heterocycles. The molecule has 0 bridgehead atoms. The van der Waals surface area contributed by atoms with Gasteiger partial charge in [0.15, 0.2) is 0 Å². The van der Waals surface area contributed by atoms with Gasteiger partial charge in [-0.15, -0.1) is 0 Å². The third kappa shape index (κ3) is 1.58. The summed E-state index contributed by atoms with van der Waals surface area (Å²) in [5, 5.41) is 1.28. The molecule has 0 aliphatic carbocycles. The molecule has 3 rings (SSSR count). The van der Waals surface area contributed by atoms with Crippen molar-refractivity contribution < 1.29 is 4.74 Å². The van der Waals surface area contributed by atoms with Crippen LogP contribution in [-0.4, -0.2) is 11.7 Å². The number of methoxy groups -OCH3 is 1. The quantitative estimate of drug-likeness (QED) is 0.658. The highest BCUT2D eigenvalue weighted by molar-refractivity contribution is 5.85. The first-order chi connectivity index (χ1) is 8.81. The van der Waals surface area contributed by atoms with Gasteiger partial charge < -0.3 is 9.30 Å². The van der Waals surface area contributed by atoms with Crippen molar-refractivity contribution >= 4 is 10.9 Å². The Morgan fingerprint density at radius 2 is 1.78 bits per heavy atom. The number of benzene rings is 2. The predicted octanol–water partition coefficient (Wildman–Crippen LogP) is 3.95. The number of hydrogen-bond acceptors (Lipinski definition) is 1. The number of fused-ring (bicyclic) bond motifs is 1. The Hall–Kier alpha value is -2.22. The van der Waals surface area contributed by atoms with Gasteiger partial charge in [0.05, 0.1) is 18.3 Å². The first kappa shape index (κ1) is 10.9. The Morgan fingerprint density at radius 1 is 0.944 bits per heavy atom. The minimum Gasteiger partial charge on any atom is -0.495 e. The Kier molecular flexibility index (Phi) is 2.56. The first-order valence-corrected chi connectivity index (χ1v) is 6.01. The van der Waals surface area contributed by atoms with Gasteiger partial charge >= 0.3 is 0 Å². The summed E-state index contributed by atoms with van der Waals surface area (Å²) in [5.74, 6) is 0.886. The zero-order valence-electron chi connectivity index (χ0n) is 10.6. The van der Waals surface area contributed by atoms with Crippen molar-refractivity contribution in [3.05, 3.63) is 60.3 Å². The van der Waals surface area contributed by atoms with E-state index < -0.39 is 0 Å². The summed E-state index contributed by atoms with van der Waals surface area (Å²) in [4.78, 5) is 0. The van der Waals surface area contributed by atoms with E-state index in [1.54, 1.807) is 7.11 Å². The van der Waals surface area contributed by atoms with Gasteiger partial charge in [0, 0.05) is 11.6 Å². The molecule has 0 unspecified atom stereocenters. The summed E-state index contributed by atoms with van der Waals surface area (Å²) in [6, 6.07) is 16.6. The highest BCUT2D eigenvalue weighted by Crippen LogP contribution is 2.28. The van der Waals surface area contributed by atoms with Gasteiger partial charge in [0.1, 0.15) is 5.75 Å². The number of rotatable bonds is 2. The Balaban J connectivity index is 2.29.